The highest BCUT2D eigenvalue weighted by molar-refractivity contribution is 7.46. The predicted octanol–water partition coefficient (Wildman–Crippen LogP) is 10.7. The number of carbonyl (C=O) groups is 2. The number of allylic oxidation sites excluding steroid dienone is 12. The molecule has 0 aromatic carbocycles. The summed E-state index contributed by atoms with van der Waals surface area (Å²) in [4.78, 5) is 42.6. The fourth-order valence-electron chi connectivity index (χ4n) is 4.50. The van der Waals surface area contributed by atoms with Crippen molar-refractivity contribution in [2.75, 3.05) is 13.2 Å². The Kier molecular flexibility index (Phi) is 32.6. The van der Waals surface area contributed by atoms with Crippen molar-refractivity contribution in [1.29, 1.82) is 0 Å². The zero-order valence-electron chi connectivity index (χ0n) is 29.9. The largest absolute Gasteiger partial charge is 0.469 e. The van der Waals surface area contributed by atoms with E-state index >= 15 is 0 Å². The number of hydrogen-bond acceptors (Lipinski definition) is 6. The summed E-state index contributed by atoms with van der Waals surface area (Å²) in [5, 5.41) is 0. The van der Waals surface area contributed by atoms with Gasteiger partial charge in [0, 0.05) is 12.8 Å². The van der Waals surface area contributed by atoms with E-state index in [1.165, 1.54) is 12.8 Å². The quantitative estimate of drug-likeness (QED) is 0.0309. The molecule has 0 aliphatic rings. The summed E-state index contributed by atoms with van der Waals surface area (Å²) in [5.41, 5.74) is 0. The normalized spacial score (nSPS) is 13.3. The molecule has 0 amide bonds. The van der Waals surface area contributed by atoms with Gasteiger partial charge in [-0.3, -0.25) is 14.1 Å². The molecule has 48 heavy (non-hydrogen) atoms. The Bertz CT molecular complexity index is 1010. The third-order valence-electron chi connectivity index (χ3n) is 7.21. The van der Waals surface area contributed by atoms with Crippen LogP contribution in [0.4, 0.5) is 0 Å². The summed E-state index contributed by atoms with van der Waals surface area (Å²) in [5.74, 6) is -0.943. The van der Waals surface area contributed by atoms with Gasteiger partial charge in [-0.15, -0.1) is 0 Å². The van der Waals surface area contributed by atoms with Crippen molar-refractivity contribution in [1.82, 2.24) is 0 Å². The number of phosphoric acid groups is 1. The van der Waals surface area contributed by atoms with Crippen LogP contribution < -0.4 is 0 Å². The van der Waals surface area contributed by atoms with Gasteiger partial charge in [0.1, 0.15) is 6.61 Å². The maximum absolute atomic E-state index is 12.3. The van der Waals surface area contributed by atoms with Crippen molar-refractivity contribution in [3.8, 4) is 0 Å². The summed E-state index contributed by atoms with van der Waals surface area (Å²) in [6.45, 7) is 3.47. The van der Waals surface area contributed by atoms with E-state index in [2.05, 4.69) is 91.3 Å². The lowest BCUT2D eigenvalue weighted by molar-refractivity contribution is -0.161. The summed E-state index contributed by atoms with van der Waals surface area (Å²) in [7, 11) is -4.76. The standard InChI is InChI=1S/C39H65O8P/c1-3-5-7-9-11-13-15-16-17-18-19-20-21-22-24-26-28-30-32-34-39(41)47-37(36-46-48(42,43)44)35-45-38(40)33-31-29-27-25-23-14-12-10-8-6-4-2/h5,7,10-13,16-17,19-20,22,24,37H,3-4,6,8-9,14-15,18,21,23,25-36H2,1-2H3,(H2,42,43,44)/b7-5-,12-10-,13-11-,17-16-,20-19-,24-22-/t37-/m1/s1. The van der Waals surface area contributed by atoms with Crippen LogP contribution in [-0.4, -0.2) is 41.0 Å². The van der Waals surface area contributed by atoms with Gasteiger partial charge >= 0.3 is 19.8 Å². The number of esters is 2. The van der Waals surface area contributed by atoms with Crippen LogP contribution in [0.5, 0.6) is 0 Å². The van der Waals surface area contributed by atoms with Crippen molar-refractivity contribution in [2.24, 2.45) is 0 Å². The van der Waals surface area contributed by atoms with Gasteiger partial charge in [0.25, 0.3) is 0 Å². The number of ether oxygens (including phenoxy) is 2. The Morgan fingerprint density at radius 1 is 0.562 bits per heavy atom. The van der Waals surface area contributed by atoms with Crippen molar-refractivity contribution >= 4 is 19.8 Å². The van der Waals surface area contributed by atoms with Gasteiger partial charge in [0.05, 0.1) is 6.61 Å². The van der Waals surface area contributed by atoms with Gasteiger partial charge in [-0.1, -0.05) is 125 Å². The molecule has 0 aromatic heterocycles. The molecule has 0 radical (unpaired) electrons. The third kappa shape index (κ3) is 36.3. The first-order chi connectivity index (χ1) is 23.3. The van der Waals surface area contributed by atoms with Crippen molar-refractivity contribution in [2.45, 2.75) is 148 Å². The van der Waals surface area contributed by atoms with Gasteiger partial charge in [-0.25, -0.2) is 4.57 Å². The molecule has 8 nitrogen and oxygen atoms in total. The van der Waals surface area contributed by atoms with Gasteiger partial charge in [0.2, 0.25) is 0 Å². The SMILES string of the molecule is CC/C=C\C/C=C\C/C=C\C/C=C\C/C=C\CCCCCC(=O)O[C@H](COC(=O)CCCCCCC/C=C\CCCC)COP(=O)(O)O. The van der Waals surface area contributed by atoms with Crippen LogP contribution in [-0.2, 0) is 28.2 Å². The smallest absolute Gasteiger partial charge is 0.462 e. The first-order valence-corrected chi connectivity index (χ1v) is 19.8. The Balaban J connectivity index is 4.08. The molecule has 0 rings (SSSR count). The Morgan fingerprint density at radius 3 is 1.54 bits per heavy atom. The highest BCUT2D eigenvalue weighted by atomic mass is 31.2. The van der Waals surface area contributed by atoms with Crippen LogP contribution in [0, 0.1) is 0 Å². The highest BCUT2D eigenvalue weighted by Crippen LogP contribution is 2.35. The molecule has 0 aromatic rings. The van der Waals surface area contributed by atoms with E-state index in [4.69, 9.17) is 19.3 Å². The first-order valence-electron chi connectivity index (χ1n) is 18.2. The van der Waals surface area contributed by atoms with Crippen molar-refractivity contribution < 1.29 is 37.9 Å². The number of rotatable bonds is 32. The number of unbranched alkanes of at least 4 members (excludes halogenated alkanes) is 10. The highest BCUT2D eigenvalue weighted by Gasteiger charge is 2.22. The minimum atomic E-state index is -4.76. The third-order valence-corrected chi connectivity index (χ3v) is 7.69. The summed E-state index contributed by atoms with van der Waals surface area (Å²) >= 11 is 0. The minimum absolute atomic E-state index is 0.167. The molecule has 0 saturated heterocycles. The van der Waals surface area contributed by atoms with E-state index in [0.29, 0.717) is 12.8 Å². The second-order valence-corrected chi connectivity index (χ2v) is 13.0. The molecule has 274 valence electrons. The van der Waals surface area contributed by atoms with E-state index < -0.39 is 32.5 Å². The van der Waals surface area contributed by atoms with Crippen LogP contribution in [0.25, 0.3) is 0 Å². The van der Waals surface area contributed by atoms with Crippen molar-refractivity contribution in [3.05, 3.63) is 72.9 Å². The molecule has 1 atom stereocenters. The molecule has 0 fully saturated rings. The van der Waals surface area contributed by atoms with Crippen LogP contribution in [0.1, 0.15) is 142 Å². The molecule has 0 spiro atoms. The molecule has 0 aliphatic carbocycles. The molecule has 0 heterocycles. The van der Waals surface area contributed by atoms with E-state index in [-0.39, 0.29) is 19.4 Å². The molecular weight excluding hydrogens is 627 g/mol. The van der Waals surface area contributed by atoms with Crippen LogP contribution in [0.3, 0.4) is 0 Å². The second kappa shape index (κ2) is 34.4. The Hall–Kier alpha value is -2.51. The zero-order valence-corrected chi connectivity index (χ0v) is 30.7. The fourth-order valence-corrected chi connectivity index (χ4v) is 4.86. The van der Waals surface area contributed by atoms with E-state index in [0.717, 1.165) is 89.9 Å². The van der Waals surface area contributed by atoms with E-state index in [1.54, 1.807) is 0 Å². The summed E-state index contributed by atoms with van der Waals surface area (Å²) in [6.07, 6.45) is 43.4. The molecule has 0 aliphatic heterocycles. The Labute approximate surface area is 291 Å². The van der Waals surface area contributed by atoms with Crippen molar-refractivity contribution in [3.63, 3.8) is 0 Å². The minimum Gasteiger partial charge on any atom is -0.462 e. The maximum Gasteiger partial charge on any atom is 0.469 e. The monoisotopic (exact) mass is 692 g/mol. The molecule has 2 N–H and O–H groups in total. The maximum atomic E-state index is 12.3. The van der Waals surface area contributed by atoms with Gasteiger partial charge < -0.3 is 19.3 Å². The van der Waals surface area contributed by atoms with Gasteiger partial charge in [-0.2, -0.15) is 0 Å². The number of phosphoric ester groups is 1. The molecule has 9 heteroatoms. The Morgan fingerprint density at radius 2 is 1.00 bits per heavy atom. The van der Waals surface area contributed by atoms with E-state index in [1.807, 2.05) is 0 Å². The van der Waals surface area contributed by atoms with Crippen LogP contribution in [0.15, 0.2) is 72.9 Å². The van der Waals surface area contributed by atoms with Gasteiger partial charge in [-0.05, 0) is 77.0 Å². The number of hydrogen-bond donors (Lipinski definition) is 2. The lowest BCUT2D eigenvalue weighted by Crippen LogP contribution is -2.29. The topological polar surface area (TPSA) is 119 Å². The van der Waals surface area contributed by atoms with Gasteiger partial charge in [0.15, 0.2) is 6.10 Å². The average Bonchev–Trinajstić information content (AvgIpc) is 3.05. The van der Waals surface area contributed by atoms with E-state index in [9.17, 15) is 14.2 Å². The van der Waals surface area contributed by atoms with Crippen LogP contribution >= 0.6 is 7.82 Å². The fraction of sp³-hybridized carbons (Fsp3) is 0.641. The summed E-state index contributed by atoms with van der Waals surface area (Å²) in [6, 6.07) is 0. The molecule has 0 unspecified atom stereocenters. The first kappa shape index (κ1) is 45.5. The average molecular weight is 693 g/mol. The lowest BCUT2D eigenvalue weighted by Gasteiger charge is -2.18. The molecule has 0 bridgehead atoms. The zero-order chi connectivity index (χ0) is 35.4. The summed E-state index contributed by atoms with van der Waals surface area (Å²) < 4.78 is 26.2. The van der Waals surface area contributed by atoms with Crippen LogP contribution in [0.2, 0.25) is 0 Å². The second-order valence-electron chi connectivity index (χ2n) is 11.8. The molecule has 0 saturated carbocycles. The lowest BCUT2D eigenvalue weighted by atomic mass is 10.1. The predicted molar refractivity (Wildman–Crippen MR) is 197 cm³/mol. The number of carbonyl (C=O) groups excluding carboxylic acids is 2. The molecular formula is C39H65O8P.